The van der Waals surface area contributed by atoms with Crippen LogP contribution in [-0.2, 0) is 0 Å². The van der Waals surface area contributed by atoms with Crippen LogP contribution in [0.1, 0.15) is 5.82 Å². The average molecular weight is 235 g/mol. The zero-order valence-corrected chi connectivity index (χ0v) is 8.28. The van der Waals surface area contributed by atoms with E-state index in [1.807, 2.05) is 0 Å². The highest BCUT2D eigenvalue weighted by atomic mass is 19.1. The van der Waals surface area contributed by atoms with Crippen LogP contribution in [0.3, 0.4) is 0 Å². The molecule has 6 heteroatoms. The van der Waals surface area contributed by atoms with Crippen molar-refractivity contribution >= 4 is 0 Å². The molecule has 3 nitrogen and oxygen atoms in total. The molecule has 84 valence electrons. The van der Waals surface area contributed by atoms with Gasteiger partial charge in [0.15, 0.2) is 0 Å². The van der Waals surface area contributed by atoms with Crippen LogP contribution in [-0.4, -0.2) is 9.97 Å². The van der Waals surface area contributed by atoms with Crippen LogP contribution in [0.25, 0.3) is 11.1 Å². The molecule has 1 aromatic heterocycles. The minimum absolute atomic E-state index is 0.0407. The molecule has 0 fully saturated rings. The Hall–Kier alpha value is -2.42. The first-order valence-electron chi connectivity index (χ1n) is 4.49. The van der Waals surface area contributed by atoms with Crippen LogP contribution in [0.5, 0.6) is 0 Å². The number of nitrogens with zero attached hydrogens (tertiary/aromatic N) is 3. The van der Waals surface area contributed by atoms with Gasteiger partial charge in [-0.2, -0.15) is 5.26 Å². The Morgan fingerprint density at radius 3 is 2.00 bits per heavy atom. The second-order valence-corrected chi connectivity index (χ2v) is 3.15. The number of hydrogen-bond donors (Lipinski definition) is 0. The van der Waals surface area contributed by atoms with Crippen LogP contribution in [0.2, 0.25) is 0 Å². The van der Waals surface area contributed by atoms with Gasteiger partial charge in [-0.15, -0.1) is 0 Å². The number of hydrogen-bond acceptors (Lipinski definition) is 3. The highest BCUT2D eigenvalue weighted by Gasteiger charge is 2.14. The third-order valence-electron chi connectivity index (χ3n) is 2.05. The van der Waals surface area contributed by atoms with E-state index in [1.165, 1.54) is 0 Å². The van der Waals surface area contributed by atoms with Crippen molar-refractivity contribution in [3.63, 3.8) is 0 Å². The van der Waals surface area contributed by atoms with E-state index in [4.69, 9.17) is 5.26 Å². The maximum absolute atomic E-state index is 13.4. The summed E-state index contributed by atoms with van der Waals surface area (Å²) >= 11 is 0. The summed E-state index contributed by atoms with van der Waals surface area (Å²) in [6, 6.07) is 2.81. The van der Waals surface area contributed by atoms with Gasteiger partial charge < -0.3 is 0 Å². The monoisotopic (exact) mass is 235 g/mol. The summed E-state index contributed by atoms with van der Waals surface area (Å²) in [5.41, 5.74) is -0.380. The third-order valence-corrected chi connectivity index (χ3v) is 2.05. The highest BCUT2D eigenvalue weighted by Crippen LogP contribution is 2.25. The maximum Gasteiger partial charge on any atom is 0.232 e. The lowest BCUT2D eigenvalue weighted by molar-refractivity contribution is 0.548. The van der Waals surface area contributed by atoms with Crippen LogP contribution in [0.15, 0.2) is 24.5 Å². The molecule has 1 heterocycles. The highest BCUT2D eigenvalue weighted by molar-refractivity contribution is 5.63. The van der Waals surface area contributed by atoms with Gasteiger partial charge in [0.05, 0.1) is 5.56 Å². The topological polar surface area (TPSA) is 49.6 Å². The lowest BCUT2D eigenvalue weighted by Gasteiger charge is -2.04. The summed E-state index contributed by atoms with van der Waals surface area (Å²) in [4.78, 5) is 7.16. The first kappa shape index (κ1) is 11.1. The van der Waals surface area contributed by atoms with Crippen molar-refractivity contribution in [3.8, 4) is 17.2 Å². The van der Waals surface area contributed by atoms with Crippen molar-refractivity contribution in [2.75, 3.05) is 0 Å². The van der Waals surface area contributed by atoms with Crippen LogP contribution >= 0.6 is 0 Å². The van der Waals surface area contributed by atoms with Gasteiger partial charge in [-0.05, 0) is 0 Å². The van der Waals surface area contributed by atoms with Crippen molar-refractivity contribution < 1.29 is 13.2 Å². The van der Waals surface area contributed by atoms with Gasteiger partial charge in [0.25, 0.3) is 0 Å². The fraction of sp³-hybridized carbons (Fsp3) is 0. The maximum atomic E-state index is 13.4. The number of aromatic nitrogens is 2. The quantitative estimate of drug-likeness (QED) is 0.762. The molecule has 0 unspecified atom stereocenters. The van der Waals surface area contributed by atoms with Crippen LogP contribution in [0, 0.1) is 28.8 Å². The van der Waals surface area contributed by atoms with Gasteiger partial charge >= 0.3 is 0 Å². The third kappa shape index (κ3) is 2.08. The molecule has 2 aromatic rings. The van der Waals surface area contributed by atoms with Gasteiger partial charge in [0.2, 0.25) is 5.82 Å². The van der Waals surface area contributed by atoms with E-state index < -0.39 is 23.0 Å². The number of nitriles is 1. The van der Waals surface area contributed by atoms with Crippen LogP contribution < -0.4 is 0 Å². The molecule has 0 aliphatic heterocycles. The molecule has 17 heavy (non-hydrogen) atoms. The van der Waals surface area contributed by atoms with E-state index >= 15 is 0 Å². The molecular weight excluding hydrogens is 231 g/mol. The molecule has 0 amide bonds. The molecule has 0 saturated heterocycles. The molecule has 0 radical (unpaired) electrons. The van der Waals surface area contributed by atoms with E-state index in [9.17, 15) is 13.2 Å². The predicted octanol–water partition coefficient (Wildman–Crippen LogP) is 2.43. The molecule has 0 aliphatic carbocycles. The van der Waals surface area contributed by atoms with Crippen molar-refractivity contribution in [2.45, 2.75) is 0 Å². The van der Waals surface area contributed by atoms with E-state index in [-0.39, 0.29) is 11.4 Å². The van der Waals surface area contributed by atoms with Gasteiger partial charge in [-0.25, -0.2) is 23.1 Å². The molecule has 1 aromatic carbocycles. The van der Waals surface area contributed by atoms with Gasteiger partial charge in [-0.3, -0.25) is 0 Å². The summed E-state index contributed by atoms with van der Waals surface area (Å²) in [6.45, 7) is 0. The Bertz CT molecular complexity index is 579. The standard InChI is InChI=1S/C11H4F3N3/c12-7-1-8(13)11(9(14)2-7)6-4-16-10(3-15)17-5-6/h1-2,4-5H. The Morgan fingerprint density at radius 2 is 1.53 bits per heavy atom. The number of rotatable bonds is 1. The summed E-state index contributed by atoms with van der Waals surface area (Å²) in [5.74, 6) is -3.21. The summed E-state index contributed by atoms with van der Waals surface area (Å²) in [7, 11) is 0. The first-order chi connectivity index (χ1) is 8.11. The number of benzene rings is 1. The van der Waals surface area contributed by atoms with E-state index in [1.54, 1.807) is 6.07 Å². The minimum atomic E-state index is -1.05. The van der Waals surface area contributed by atoms with Crippen LogP contribution in [0.4, 0.5) is 13.2 Å². The van der Waals surface area contributed by atoms with Gasteiger partial charge in [0, 0.05) is 30.1 Å². The fourth-order valence-corrected chi connectivity index (χ4v) is 1.33. The van der Waals surface area contributed by atoms with Crippen molar-refractivity contribution in [3.05, 3.63) is 47.8 Å². The molecule has 0 spiro atoms. The normalized spacial score (nSPS) is 10.0. The Morgan fingerprint density at radius 1 is 1.00 bits per heavy atom. The zero-order chi connectivity index (χ0) is 12.4. The Balaban J connectivity index is 2.57. The van der Waals surface area contributed by atoms with E-state index in [2.05, 4.69) is 9.97 Å². The summed E-state index contributed by atoms with van der Waals surface area (Å²) in [5, 5.41) is 8.47. The minimum Gasteiger partial charge on any atom is -0.227 e. The number of halogens is 3. The predicted molar refractivity (Wildman–Crippen MR) is 52.1 cm³/mol. The Labute approximate surface area is 94.2 Å². The largest absolute Gasteiger partial charge is 0.232 e. The fourth-order valence-electron chi connectivity index (χ4n) is 1.33. The first-order valence-corrected chi connectivity index (χ1v) is 4.49. The van der Waals surface area contributed by atoms with Crippen molar-refractivity contribution in [1.82, 2.24) is 9.97 Å². The molecular formula is C11H4F3N3. The van der Waals surface area contributed by atoms with Crippen molar-refractivity contribution in [2.24, 2.45) is 0 Å². The van der Waals surface area contributed by atoms with E-state index in [0.29, 0.717) is 12.1 Å². The SMILES string of the molecule is N#Cc1ncc(-c2c(F)cc(F)cc2F)cn1. The zero-order valence-electron chi connectivity index (χ0n) is 8.28. The molecule has 0 aliphatic rings. The lowest BCUT2D eigenvalue weighted by Crippen LogP contribution is -1.95. The van der Waals surface area contributed by atoms with Crippen molar-refractivity contribution in [1.29, 1.82) is 5.26 Å². The summed E-state index contributed by atoms with van der Waals surface area (Å²) in [6.07, 6.45) is 2.20. The Kier molecular flexibility index (Phi) is 2.75. The smallest absolute Gasteiger partial charge is 0.227 e. The molecule has 0 bridgehead atoms. The second-order valence-electron chi connectivity index (χ2n) is 3.15. The summed E-state index contributed by atoms with van der Waals surface area (Å²) < 4.78 is 39.4. The lowest BCUT2D eigenvalue weighted by atomic mass is 10.1. The molecule has 0 atom stereocenters. The molecule has 2 rings (SSSR count). The van der Waals surface area contributed by atoms with E-state index in [0.717, 1.165) is 12.4 Å². The molecule has 0 saturated carbocycles. The van der Waals surface area contributed by atoms with Gasteiger partial charge in [-0.1, -0.05) is 0 Å². The average Bonchev–Trinajstić information content (AvgIpc) is 2.28. The second kappa shape index (κ2) is 4.22. The molecule has 0 N–H and O–H groups in total. The van der Waals surface area contributed by atoms with Gasteiger partial charge in [0.1, 0.15) is 23.5 Å².